The number of rotatable bonds is 10. The number of hydrogen-bond acceptors (Lipinski definition) is 8. The van der Waals surface area contributed by atoms with E-state index in [2.05, 4.69) is 15.5 Å². The van der Waals surface area contributed by atoms with E-state index < -0.39 is 22.5 Å². The smallest absolute Gasteiger partial charge is 0.264 e. The maximum Gasteiger partial charge on any atom is 0.264 e. The highest BCUT2D eigenvalue weighted by Crippen LogP contribution is 2.33. The molecule has 0 aliphatic carbocycles. The van der Waals surface area contributed by atoms with Gasteiger partial charge in [0.05, 0.1) is 17.2 Å². The highest BCUT2D eigenvalue weighted by molar-refractivity contribution is 8.01. The van der Waals surface area contributed by atoms with Gasteiger partial charge in [-0.15, -0.1) is 10.2 Å². The SMILES string of the molecule is CCOc1ccccc1N(CC(=O)Nc1nnc(SCC)s1)S(=O)(=O)c1ccc(Cl)cc1. The fourth-order valence-electron chi connectivity index (χ4n) is 2.71. The molecule has 0 saturated heterocycles. The first kappa shape index (κ1) is 24.3. The van der Waals surface area contributed by atoms with E-state index in [-0.39, 0.29) is 10.6 Å². The second kappa shape index (κ2) is 11.0. The molecule has 0 aliphatic rings. The van der Waals surface area contributed by atoms with Crippen LogP contribution in [-0.2, 0) is 14.8 Å². The van der Waals surface area contributed by atoms with Crippen LogP contribution in [0.2, 0.25) is 5.02 Å². The summed E-state index contributed by atoms with van der Waals surface area (Å²) in [5, 5.41) is 11.3. The summed E-state index contributed by atoms with van der Waals surface area (Å²) in [4.78, 5) is 12.8. The van der Waals surface area contributed by atoms with E-state index in [4.69, 9.17) is 16.3 Å². The summed E-state index contributed by atoms with van der Waals surface area (Å²) < 4.78 is 34.3. The number of nitrogens with zero attached hydrogens (tertiary/aromatic N) is 3. The molecule has 170 valence electrons. The number of halogens is 1. The van der Waals surface area contributed by atoms with Crippen molar-refractivity contribution in [3.8, 4) is 5.75 Å². The zero-order valence-electron chi connectivity index (χ0n) is 17.3. The molecule has 1 aromatic heterocycles. The number of hydrogen-bond donors (Lipinski definition) is 1. The number of sulfonamides is 1. The Balaban J connectivity index is 1.95. The lowest BCUT2D eigenvalue weighted by Crippen LogP contribution is -2.38. The van der Waals surface area contributed by atoms with Gasteiger partial charge in [-0.25, -0.2) is 8.42 Å². The van der Waals surface area contributed by atoms with Crippen LogP contribution < -0.4 is 14.4 Å². The summed E-state index contributed by atoms with van der Waals surface area (Å²) in [5.41, 5.74) is 0.249. The van der Waals surface area contributed by atoms with Crippen molar-refractivity contribution in [3.63, 3.8) is 0 Å². The van der Waals surface area contributed by atoms with E-state index in [1.807, 2.05) is 6.92 Å². The maximum atomic E-state index is 13.5. The van der Waals surface area contributed by atoms with Crippen molar-refractivity contribution >= 4 is 61.4 Å². The van der Waals surface area contributed by atoms with Crippen molar-refractivity contribution in [2.45, 2.75) is 23.1 Å². The van der Waals surface area contributed by atoms with Crippen LogP contribution in [0, 0.1) is 0 Å². The number of amides is 1. The van der Waals surface area contributed by atoms with Gasteiger partial charge >= 0.3 is 0 Å². The normalized spacial score (nSPS) is 11.2. The summed E-state index contributed by atoms with van der Waals surface area (Å²) >= 11 is 8.65. The van der Waals surface area contributed by atoms with Gasteiger partial charge in [-0.05, 0) is 49.1 Å². The van der Waals surface area contributed by atoms with Crippen LogP contribution >= 0.6 is 34.7 Å². The Morgan fingerprint density at radius 3 is 2.56 bits per heavy atom. The molecule has 0 bridgehead atoms. The standard InChI is InChI=1S/C20H21ClN4O4S3/c1-3-29-17-8-6-5-7-16(17)25(32(27,28)15-11-9-14(21)10-12-15)13-18(26)22-19-23-24-20(31-19)30-4-2/h5-12H,3-4,13H2,1-2H3,(H,22,23,26). The molecule has 0 fully saturated rings. The third-order valence-corrected chi connectivity index (χ3v) is 7.92. The molecule has 3 rings (SSSR count). The lowest BCUT2D eigenvalue weighted by Gasteiger charge is -2.25. The summed E-state index contributed by atoms with van der Waals surface area (Å²) in [6, 6.07) is 12.4. The van der Waals surface area contributed by atoms with Crippen molar-refractivity contribution in [1.29, 1.82) is 0 Å². The number of ether oxygens (including phenoxy) is 1. The van der Waals surface area contributed by atoms with Gasteiger partial charge in [-0.2, -0.15) is 0 Å². The number of thioether (sulfide) groups is 1. The Morgan fingerprint density at radius 1 is 1.16 bits per heavy atom. The van der Waals surface area contributed by atoms with Crippen molar-refractivity contribution in [2.24, 2.45) is 0 Å². The van der Waals surface area contributed by atoms with Gasteiger partial charge in [0, 0.05) is 5.02 Å². The van der Waals surface area contributed by atoms with E-state index in [0.717, 1.165) is 14.4 Å². The summed E-state index contributed by atoms with van der Waals surface area (Å²) in [6.45, 7) is 3.63. The number of benzene rings is 2. The highest BCUT2D eigenvalue weighted by Gasteiger charge is 2.29. The van der Waals surface area contributed by atoms with Gasteiger partial charge in [-0.3, -0.25) is 14.4 Å². The van der Waals surface area contributed by atoms with E-state index in [0.29, 0.717) is 22.5 Å². The Kier molecular flexibility index (Phi) is 8.35. The van der Waals surface area contributed by atoms with Crippen LogP contribution in [0.3, 0.4) is 0 Å². The third kappa shape index (κ3) is 5.91. The first-order valence-corrected chi connectivity index (χ1v) is 13.2. The lowest BCUT2D eigenvalue weighted by molar-refractivity contribution is -0.114. The van der Waals surface area contributed by atoms with Gasteiger partial charge in [0.25, 0.3) is 10.0 Å². The quantitative estimate of drug-likeness (QED) is 0.314. The largest absolute Gasteiger partial charge is 0.492 e. The summed E-state index contributed by atoms with van der Waals surface area (Å²) in [6.07, 6.45) is 0. The van der Waals surface area contributed by atoms with E-state index >= 15 is 0 Å². The maximum absolute atomic E-state index is 13.5. The van der Waals surface area contributed by atoms with Gasteiger partial charge in [-0.1, -0.05) is 53.8 Å². The van der Waals surface area contributed by atoms with Crippen LogP contribution in [0.25, 0.3) is 0 Å². The molecule has 1 amide bonds. The number of carbonyl (C=O) groups is 1. The van der Waals surface area contributed by atoms with Crippen molar-refractivity contribution in [2.75, 3.05) is 28.5 Å². The second-order valence-corrected chi connectivity index (χ2v) is 11.0. The molecule has 1 N–H and O–H groups in total. The van der Waals surface area contributed by atoms with Crippen molar-refractivity contribution in [1.82, 2.24) is 10.2 Å². The number of para-hydroxylation sites is 2. The molecular formula is C20H21ClN4O4S3. The molecule has 0 atom stereocenters. The zero-order chi connectivity index (χ0) is 23.1. The predicted molar refractivity (Wildman–Crippen MR) is 129 cm³/mol. The molecule has 0 spiro atoms. The van der Waals surface area contributed by atoms with Gasteiger partial charge in [0.1, 0.15) is 12.3 Å². The molecule has 12 heteroatoms. The van der Waals surface area contributed by atoms with E-state index in [1.54, 1.807) is 31.2 Å². The van der Waals surface area contributed by atoms with Crippen LogP contribution in [0.1, 0.15) is 13.8 Å². The molecular weight excluding hydrogens is 492 g/mol. The zero-order valence-corrected chi connectivity index (χ0v) is 20.5. The molecule has 0 saturated carbocycles. The number of aromatic nitrogens is 2. The highest BCUT2D eigenvalue weighted by atomic mass is 35.5. The number of nitrogens with one attached hydrogen (secondary N) is 1. The topological polar surface area (TPSA) is 101 Å². The predicted octanol–water partition coefficient (Wildman–Crippen LogP) is 4.54. The monoisotopic (exact) mass is 512 g/mol. The van der Waals surface area contributed by atoms with Crippen LogP contribution in [0.15, 0.2) is 57.8 Å². The Hall–Kier alpha value is -2.34. The molecule has 0 aliphatic heterocycles. The van der Waals surface area contributed by atoms with Gasteiger partial charge < -0.3 is 4.74 Å². The molecule has 8 nitrogen and oxygen atoms in total. The van der Waals surface area contributed by atoms with Gasteiger partial charge in [0.2, 0.25) is 11.0 Å². The molecule has 2 aromatic carbocycles. The lowest BCUT2D eigenvalue weighted by atomic mass is 10.3. The number of anilines is 2. The minimum atomic E-state index is -4.11. The third-order valence-electron chi connectivity index (χ3n) is 4.04. The summed E-state index contributed by atoms with van der Waals surface area (Å²) in [5.74, 6) is 0.611. The molecule has 32 heavy (non-hydrogen) atoms. The minimum Gasteiger partial charge on any atom is -0.492 e. The van der Waals surface area contributed by atoms with Crippen molar-refractivity contribution in [3.05, 3.63) is 53.6 Å². The van der Waals surface area contributed by atoms with Gasteiger partial charge in [0.15, 0.2) is 4.34 Å². The average molecular weight is 513 g/mol. The first-order chi connectivity index (χ1) is 15.3. The Morgan fingerprint density at radius 2 is 1.88 bits per heavy atom. The van der Waals surface area contributed by atoms with Crippen LogP contribution in [0.5, 0.6) is 5.75 Å². The fraction of sp³-hybridized carbons (Fsp3) is 0.250. The van der Waals surface area contributed by atoms with Crippen molar-refractivity contribution < 1.29 is 17.9 Å². The average Bonchev–Trinajstić information content (AvgIpc) is 3.20. The van der Waals surface area contributed by atoms with Crippen LogP contribution in [0.4, 0.5) is 10.8 Å². The Labute approximate surface area is 200 Å². The minimum absolute atomic E-state index is 0.00134. The molecule has 3 aromatic rings. The molecule has 0 unspecified atom stereocenters. The summed E-state index contributed by atoms with van der Waals surface area (Å²) in [7, 11) is -4.11. The van der Waals surface area contributed by atoms with Crippen LogP contribution in [-0.4, -0.2) is 43.4 Å². The van der Waals surface area contributed by atoms with E-state index in [9.17, 15) is 13.2 Å². The second-order valence-electron chi connectivity index (χ2n) is 6.22. The first-order valence-electron chi connectivity index (χ1n) is 9.61. The van der Waals surface area contributed by atoms with E-state index in [1.165, 1.54) is 47.4 Å². The molecule has 1 heterocycles. The fourth-order valence-corrected chi connectivity index (χ4v) is 5.93. The Bertz CT molecular complexity index is 1170. The molecule has 0 radical (unpaired) electrons. The number of carbonyl (C=O) groups excluding carboxylic acids is 1.